The van der Waals surface area contributed by atoms with Gasteiger partial charge in [-0.05, 0) is 60.9 Å². The average Bonchev–Trinajstić information content (AvgIpc) is 3.62. The first kappa shape index (κ1) is 31.9. The second-order valence-electron chi connectivity index (χ2n) is 11.8. The summed E-state index contributed by atoms with van der Waals surface area (Å²) in [6, 6.07) is 29.5. The van der Waals surface area contributed by atoms with Crippen molar-refractivity contribution in [3.8, 4) is 0 Å². The van der Waals surface area contributed by atoms with Crippen LogP contribution in [0.15, 0.2) is 107 Å². The molecule has 250 valence electrons. The minimum atomic E-state index is -0.624. The van der Waals surface area contributed by atoms with Crippen LogP contribution in [0, 0.1) is 0 Å². The standard InChI is InChI=1S/C18H17N5O2.C18H15N5O2/c2*1-11(24)13-7-8-15-14(9-13)20-16(19)17-21-22(18(25)23(15)17)10-12-5-3-2-4-6-12/h2-9,11,24H,10H2,1H3,(H2,19,20);2-9H,10H2,1H3,(H2,19,20). The largest absolute Gasteiger partial charge is 0.389 e. The predicted molar refractivity (Wildman–Crippen MR) is 190 cm³/mol. The zero-order valence-electron chi connectivity index (χ0n) is 27.1. The summed E-state index contributed by atoms with van der Waals surface area (Å²) in [6.07, 6.45) is -0.624. The van der Waals surface area contributed by atoms with Crippen molar-refractivity contribution in [1.29, 1.82) is 0 Å². The third-order valence-corrected chi connectivity index (χ3v) is 8.31. The number of Topliss-reactive ketones (excluding diaryl/α,β-unsaturated/α-hetero) is 1. The molecule has 14 nitrogen and oxygen atoms in total. The molecule has 4 aromatic carbocycles. The number of ketones is 1. The monoisotopic (exact) mass is 668 g/mol. The summed E-state index contributed by atoms with van der Waals surface area (Å²) < 4.78 is 5.64. The number of fused-ring (bicyclic) bond motifs is 6. The number of nitrogens with two attached hydrogens (primary N) is 2. The number of aliphatic hydroxyl groups is 1. The van der Waals surface area contributed by atoms with E-state index in [1.165, 1.54) is 25.1 Å². The van der Waals surface area contributed by atoms with Crippen LogP contribution in [-0.4, -0.2) is 49.2 Å². The number of hydrogen-bond acceptors (Lipinski definition) is 10. The predicted octanol–water partition coefficient (Wildman–Crippen LogP) is 3.61. The summed E-state index contributed by atoms with van der Waals surface area (Å²) >= 11 is 0. The van der Waals surface area contributed by atoms with E-state index < -0.39 is 6.10 Å². The molecular formula is C36H32N10O4. The summed E-state index contributed by atoms with van der Waals surface area (Å²) in [5, 5.41) is 18.4. The van der Waals surface area contributed by atoms with E-state index in [2.05, 4.69) is 20.2 Å². The quantitative estimate of drug-likeness (QED) is 0.220. The van der Waals surface area contributed by atoms with Crippen LogP contribution in [0.3, 0.4) is 0 Å². The Morgan fingerprint density at radius 2 is 1.16 bits per heavy atom. The number of rotatable bonds is 6. The summed E-state index contributed by atoms with van der Waals surface area (Å²) in [5.41, 5.74) is 17.4. The van der Waals surface area contributed by atoms with Gasteiger partial charge in [0.15, 0.2) is 17.4 Å². The number of carbonyl (C=O) groups is 1. The van der Waals surface area contributed by atoms with E-state index in [0.29, 0.717) is 57.6 Å². The highest BCUT2D eigenvalue weighted by atomic mass is 16.3. The highest BCUT2D eigenvalue weighted by molar-refractivity contribution is 5.97. The van der Waals surface area contributed by atoms with Crippen LogP contribution < -0.4 is 22.8 Å². The molecular weight excluding hydrogens is 636 g/mol. The van der Waals surface area contributed by atoms with E-state index in [4.69, 9.17) is 11.5 Å². The molecule has 0 radical (unpaired) electrons. The van der Waals surface area contributed by atoms with Crippen molar-refractivity contribution in [1.82, 2.24) is 38.3 Å². The SMILES string of the molecule is CC(=O)c1ccc2c(c1)nc(N)c1nn(Cc3ccccc3)c(=O)n12.CC(O)c1ccc2c(c1)nc(N)c1nn(Cc3ccccc3)c(=O)n12. The number of nitrogens with zero attached hydrogens (tertiary/aromatic N) is 8. The molecule has 0 aliphatic heterocycles. The number of aliphatic hydroxyl groups excluding tert-OH is 1. The summed E-state index contributed by atoms with van der Waals surface area (Å²) in [5.74, 6) is 0.255. The molecule has 1 atom stereocenters. The van der Waals surface area contributed by atoms with Crippen molar-refractivity contribution in [3.05, 3.63) is 140 Å². The van der Waals surface area contributed by atoms with E-state index >= 15 is 0 Å². The molecule has 4 aromatic heterocycles. The lowest BCUT2D eigenvalue weighted by Crippen LogP contribution is -2.22. The van der Waals surface area contributed by atoms with Gasteiger partial charge in [-0.2, -0.15) is 0 Å². The zero-order chi connectivity index (χ0) is 35.1. The lowest BCUT2D eigenvalue weighted by molar-refractivity contribution is 0.101. The molecule has 0 fully saturated rings. The molecule has 0 aliphatic carbocycles. The van der Waals surface area contributed by atoms with Gasteiger partial charge in [0, 0.05) is 5.56 Å². The van der Waals surface area contributed by atoms with Gasteiger partial charge in [-0.15, -0.1) is 10.2 Å². The molecule has 0 saturated heterocycles. The van der Waals surface area contributed by atoms with E-state index in [9.17, 15) is 19.5 Å². The second-order valence-corrected chi connectivity index (χ2v) is 11.8. The fourth-order valence-corrected chi connectivity index (χ4v) is 5.76. The minimum absolute atomic E-state index is 0.0745. The van der Waals surface area contributed by atoms with Crippen molar-refractivity contribution in [2.45, 2.75) is 33.0 Å². The van der Waals surface area contributed by atoms with Crippen LogP contribution in [0.25, 0.3) is 33.4 Å². The Labute approximate surface area is 283 Å². The Kier molecular flexibility index (Phi) is 8.13. The molecule has 5 N–H and O–H groups in total. The van der Waals surface area contributed by atoms with Crippen LogP contribution in [0.5, 0.6) is 0 Å². The average molecular weight is 669 g/mol. The van der Waals surface area contributed by atoms with Crippen molar-refractivity contribution in [3.63, 3.8) is 0 Å². The third kappa shape index (κ3) is 5.84. The maximum Gasteiger partial charge on any atom is 0.351 e. The zero-order valence-corrected chi connectivity index (χ0v) is 27.1. The molecule has 1 unspecified atom stereocenters. The third-order valence-electron chi connectivity index (χ3n) is 8.31. The van der Waals surface area contributed by atoms with Crippen molar-refractivity contribution < 1.29 is 9.90 Å². The van der Waals surface area contributed by atoms with E-state index in [-0.39, 0.29) is 28.8 Å². The first-order valence-electron chi connectivity index (χ1n) is 15.7. The van der Waals surface area contributed by atoms with Crippen molar-refractivity contribution in [2.75, 3.05) is 11.5 Å². The van der Waals surface area contributed by atoms with Crippen LogP contribution in [0.1, 0.15) is 47.0 Å². The van der Waals surface area contributed by atoms with Gasteiger partial charge >= 0.3 is 11.4 Å². The Hall–Kier alpha value is -6.67. The maximum atomic E-state index is 12.8. The number of aromatic nitrogens is 8. The molecule has 0 aliphatic rings. The summed E-state index contributed by atoms with van der Waals surface area (Å²) in [6.45, 7) is 3.85. The highest BCUT2D eigenvalue weighted by Crippen LogP contribution is 2.22. The molecule has 8 rings (SSSR count). The van der Waals surface area contributed by atoms with Gasteiger partial charge < -0.3 is 16.6 Å². The minimum Gasteiger partial charge on any atom is -0.389 e. The van der Waals surface area contributed by atoms with Gasteiger partial charge in [0.1, 0.15) is 0 Å². The fraction of sp³-hybridized carbons (Fsp3) is 0.139. The first-order valence-corrected chi connectivity index (χ1v) is 15.7. The summed E-state index contributed by atoms with van der Waals surface area (Å²) in [7, 11) is 0. The van der Waals surface area contributed by atoms with Crippen LogP contribution in [-0.2, 0) is 13.1 Å². The van der Waals surface area contributed by atoms with E-state index in [1.54, 1.807) is 43.3 Å². The molecule has 0 amide bonds. The first-order chi connectivity index (χ1) is 24.1. The summed E-state index contributed by atoms with van der Waals surface area (Å²) in [4.78, 5) is 45.9. The van der Waals surface area contributed by atoms with Crippen LogP contribution in [0.2, 0.25) is 0 Å². The molecule has 50 heavy (non-hydrogen) atoms. The molecule has 4 heterocycles. The van der Waals surface area contributed by atoms with E-state index in [0.717, 1.165) is 11.1 Å². The number of nitrogen functional groups attached to an aromatic ring is 2. The van der Waals surface area contributed by atoms with Gasteiger partial charge in [0.05, 0.1) is 41.3 Å². The van der Waals surface area contributed by atoms with Crippen LogP contribution >= 0.6 is 0 Å². The molecule has 14 heteroatoms. The number of anilines is 2. The second kappa shape index (κ2) is 12.7. The molecule has 0 bridgehead atoms. The lowest BCUT2D eigenvalue weighted by Gasteiger charge is -2.07. The molecule has 0 saturated carbocycles. The normalized spacial score (nSPS) is 12.0. The van der Waals surface area contributed by atoms with Crippen molar-refractivity contribution in [2.24, 2.45) is 0 Å². The van der Waals surface area contributed by atoms with Crippen LogP contribution in [0.4, 0.5) is 11.6 Å². The Morgan fingerprint density at radius 1 is 0.700 bits per heavy atom. The Balaban J connectivity index is 0.000000157. The number of benzene rings is 4. The maximum absolute atomic E-state index is 12.8. The van der Waals surface area contributed by atoms with Crippen molar-refractivity contribution >= 4 is 50.8 Å². The van der Waals surface area contributed by atoms with Gasteiger partial charge in [0.25, 0.3) is 0 Å². The van der Waals surface area contributed by atoms with Gasteiger partial charge in [-0.1, -0.05) is 66.7 Å². The van der Waals surface area contributed by atoms with E-state index in [1.807, 2.05) is 60.7 Å². The Morgan fingerprint density at radius 3 is 1.62 bits per heavy atom. The van der Waals surface area contributed by atoms with Gasteiger partial charge in [0.2, 0.25) is 11.3 Å². The van der Waals surface area contributed by atoms with Gasteiger partial charge in [-0.25, -0.2) is 37.7 Å². The topological polar surface area (TPSA) is 194 Å². The molecule has 8 aromatic rings. The number of carbonyl (C=O) groups excluding carboxylic acids is 1. The fourth-order valence-electron chi connectivity index (χ4n) is 5.76. The van der Waals surface area contributed by atoms with Gasteiger partial charge in [-0.3, -0.25) is 4.79 Å². The Bertz CT molecular complexity index is 2680. The number of hydrogen-bond donors (Lipinski definition) is 3. The smallest absolute Gasteiger partial charge is 0.351 e. The lowest BCUT2D eigenvalue weighted by atomic mass is 10.1. The molecule has 0 spiro atoms. The highest BCUT2D eigenvalue weighted by Gasteiger charge is 2.17.